The van der Waals surface area contributed by atoms with Crippen molar-refractivity contribution in [3.8, 4) is 5.75 Å². The van der Waals surface area contributed by atoms with E-state index in [0.717, 1.165) is 81.6 Å². The van der Waals surface area contributed by atoms with E-state index in [0.29, 0.717) is 12.5 Å². The molecule has 1 aromatic carbocycles. The van der Waals surface area contributed by atoms with E-state index >= 15 is 0 Å². The number of H-pyrrole nitrogens is 1. The second kappa shape index (κ2) is 10.3. The van der Waals surface area contributed by atoms with E-state index < -0.39 is 0 Å². The number of hydrogen-bond donors (Lipinski definition) is 1. The van der Waals surface area contributed by atoms with E-state index in [2.05, 4.69) is 22.0 Å². The largest absolute Gasteiger partial charge is 0.496 e. The predicted octanol–water partition coefficient (Wildman–Crippen LogP) is 3.29. The lowest BCUT2D eigenvalue weighted by molar-refractivity contribution is 0.0728. The Balaban J connectivity index is 1.34. The molecule has 1 aromatic heterocycles. The summed E-state index contributed by atoms with van der Waals surface area (Å²) in [4.78, 5) is 32.8. The lowest BCUT2D eigenvalue weighted by Gasteiger charge is -2.34. The Bertz CT molecular complexity index is 1000. The summed E-state index contributed by atoms with van der Waals surface area (Å²) in [6, 6.07) is 10.0. The molecule has 1 fully saturated rings. The van der Waals surface area contributed by atoms with Gasteiger partial charge in [0.05, 0.1) is 7.11 Å². The normalized spacial score (nSPS) is 18.8. The Kier molecular flexibility index (Phi) is 7.30. The molecule has 2 heterocycles. The van der Waals surface area contributed by atoms with E-state index in [9.17, 15) is 9.59 Å². The van der Waals surface area contributed by atoms with Crippen LogP contribution in [-0.4, -0.2) is 61.0 Å². The van der Waals surface area contributed by atoms with Crippen molar-refractivity contribution in [1.29, 1.82) is 0 Å². The fourth-order valence-corrected chi connectivity index (χ4v) is 5.20. The van der Waals surface area contributed by atoms with E-state index in [-0.39, 0.29) is 17.0 Å². The molecule has 0 radical (unpaired) electrons. The molecule has 0 spiro atoms. The number of benzene rings is 1. The number of carbonyl (C=O) groups is 1. The fourth-order valence-electron chi connectivity index (χ4n) is 5.20. The number of aromatic amines is 1. The molecule has 1 aliphatic heterocycles. The quantitative estimate of drug-likeness (QED) is 0.722. The van der Waals surface area contributed by atoms with Crippen molar-refractivity contribution in [1.82, 2.24) is 14.8 Å². The summed E-state index contributed by atoms with van der Waals surface area (Å²) in [5.41, 5.74) is 3.42. The van der Waals surface area contributed by atoms with Crippen LogP contribution in [-0.2, 0) is 19.3 Å². The van der Waals surface area contributed by atoms with Gasteiger partial charge in [-0.2, -0.15) is 0 Å². The first-order valence-corrected chi connectivity index (χ1v) is 11.9. The lowest BCUT2D eigenvalue weighted by atomic mass is 9.94. The molecule has 172 valence electrons. The second-order valence-electron chi connectivity index (χ2n) is 9.28. The molecular formula is C26H35N3O3. The fraction of sp³-hybridized carbons (Fsp3) is 0.538. The molecule has 1 amide bonds. The first-order chi connectivity index (χ1) is 15.5. The number of fused-ring (bicyclic) bond motifs is 1. The molecule has 1 unspecified atom stereocenters. The number of pyridine rings is 1. The zero-order chi connectivity index (χ0) is 22.5. The summed E-state index contributed by atoms with van der Waals surface area (Å²) in [7, 11) is 3.55. The van der Waals surface area contributed by atoms with E-state index in [1.165, 1.54) is 5.56 Å². The number of piperidine rings is 1. The molecule has 1 N–H and O–H groups in total. The van der Waals surface area contributed by atoms with Gasteiger partial charge in [0.25, 0.3) is 11.5 Å². The summed E-state index contributed by atoms with van der Waals surface area (Å²) >= 11 is 0. The van der Waals surface area contributed by atoms with Gasteiger partial charge in [0.15, 0.2) is 0 Å². The van der Waals surface area contributed by atoms with Crippen LogP contribution in [0.25, 0.3) is 0 Å². The Labute approximate surface area is 190 Å². The number of nitrogens with one attached hydrogen (secondary N) is 1. The number of amides is 1. The molecule has 2 aliphatic rings. The summed E-state index contributed by atoms with van der Waals surface area (Å²) in [6.45, 7) is 3.74. The molecule has 2 aromatic rings. The van der Waals surface area contributed by atoms with Crippen LogP contribution in [0.3, 0.4) is 0 Å². The monoisotopic (exact) mass is 437 g/mol. The third-order valence-corrected chi connectivity index (χ3v) is 6.94. The highest BCUT2D eigenvalue weighted by atomic mass is 16.5. The third-order valence-electron chi connectivity index (χ3n) is 6.94. The van der Waals surface area contributed by atoms with Gasteiger partial charge in [-0.25, -0.2) is 0 Å². The van der Waals surface area contributed by atoms with Crippen LogP contribution in [0.5, 0.6) is 5.75 Å². The highest BCUT2D eigenvalue weighted by Gasteiger charge is 2.25. The Morgan fingerprint density at radius 1 is 1.22 bits per heavy atom. The van der Waals surface area contributed by atoms with Crippen LogP contribution < -0.4 is 10.3 Å². The van der Waals surface area contributed by atoms with Crippen molar-refractivity contribution < 1.29 is 9.53 Å². The number of ether oxygens (including phenoxy) is 1. The topological polar surface area (TPSA) is 65.6 Å². The summed E-state index contributed by atoms with van der Waals surface area (Å²) in [5.74, 6) is 1.21. The van der Waals surface area contributed by atoms with Gasteiger partial charge in [-0.1, -0.05) is 18.2 Å². The lowest BCUT2D eigenvalue weighted by Crippen LogP contribution is -2.43. The summed E-state index contributed by atoms with van der Waals surface area (Å²) < 4.78 is 5.48. The summed E-state index contributed by atoms with van der Waals surface area (Å²) in [5, 5.41) is 0. The minimum atomic E-state index is -0.246. The van der Waals surface area contributed by atoms with Crippen LogP contribution in [0.4, 0.5) is 0 Å². The number of nitrogens with zero attached hydrogens (tertiary/aromatic N) is 2. The van der Waals surface area contributed by atoms with Crippen molar-refractivity contribution >= 4 is 5.91 Å². The zero-order valence-corrected chi connectivity index (χ0v) is 19.4. The number of carbonyl (C=O) groups excluding carboxylic acids is 1. The van der Waals surface area contributed by atoms with Gasteiger partial charge in [0.1, 0.15) is 11.3 Å². The molecule has 4 rings (SSSR count). The first-order valence-electron chi connectivity index (χ1n) is 11.9. The Morgan fingerprint density at radius 2 is 2.03 bits per heavy atom. The van der Waals surface area contributed by atoms with Crippen LogP contribution in [0, 0.1) is 5.92 Å². The van der Waals surface area contributed by atoms with Crippen molar-refractivity contribution in [2.45, 2.75) is 44.9 Å². The minimum absolute atomic E-state index is 0.161. The second-order valence-corrected chi connectivity index (χ2v) is 9.28. The van der Waals surface area contributed by atoms with E-state index in [4.69, 9.17) is 4.74 Å². The number of rotatable bonds is 7. The number of aryl methyl sites for hydroxylation is 2. The SMILES string of the molecule is COc1ccccc1CCN1CCCC(CN(C)C(=O)c2cc3c([nH]c2=O)CCCC3)C1. The first kappa shape index (κ1) is 22.6. The molecule has 1 saturated heterocycles. The smallest absolute Gasteiger partial charge is 0.261 e. The molecule has 6 heteroatoms. The number of hydrogen-bond acceptors (Lipinski definition) is 4. The van der Waals surface area contributed by atoms with Crippen molar-refractivity contribution in [3.63, 3.8) is 0 Å². The van der Waals surface area contributed by atoms with E-state index in [1.807, 2.05) is 25.2 Å². The average Bonchev–Trinajstić information content (AvgIpc) is 2.82. The molecule has 6 nitrogen and oxygen atoms in total. The third kappa shape index (κ3) is 5.23. The number of para-hydroxylation sites is 1. The van der Waals surface area contributed by atoms with Crippen LogP contribution in [0.2, 0.25) is 0 Å². The number of aromatic nitrogens is 1. The summed E-state index contributed by atoms with van der Waals surface area (Å²) in [6.07, 6.45) is 7.28. The van der Waals surface area contributed by atoms with Gasteiger partial charge in [-0.15, -0.1) is 0 Å². The van der Waals surface area contributed by atoms with Gasteiger partial charge in [0, 0.05) is 32.4 Å². The maximum absolute atomic E-state index is 13.1. The van der Waals surface area contributed by atoms with Crippen LogP contribution in [0.15, 0.2) is 35.1 Å². The maximum Gasteiger partial charge on any atom is 0.261 e. The zero-order valence-electron chi connectivity index (χ0n) is 19.4. The minimum Gasteiger partial charge on any atom is -0.496 e. The van der Waals surface area contributed by atoms with Crippen LogP contribution in [0.1, 0.15) is 52.9 Å². The number of methoxy groups -OCH3 is 1. The molecule has 1 atom stereocenters. The average molecular weight is 438 g/mol. The molecule has 0 saturated carbocycles. The molecule has 1 aliphatic carbocycles. The Morgan fingerprint density at radius 3 is 2.88 bits per heavy atom. The highest BCUT2D eigenvalue weighted by molar-refractivity contribution is 5.93. The van der Waals surface area contributed by atoms with Gasteiger partial charge < -0.3 is 19.5 Å². The van der Waals surface area contributed by atoms with Crippen LogP contribution >= 0.6 is 0 Å². The molecule has 0 bridgehead atoms. The van der Waals surface area contributed by atoms with Gasteiger partial charge in [-0.05, 0) is 80.7 Å². The van der Waals surface area contributed by atoms with Gasteiger partial charge >= 0.3 is 0 Å². The van der Waals surface area contributed by atoms with Crippen molar-refractivity contribution in [2.75, 3.05) is 40.3 Å². The highest BCUT2D eigenvalue weighted by Crippen LogP contribution is 2.22. The predicted molar refractivity (Wildman–Crippen MR) is 127 cm³/mol. The molecule has 32 heavy (non-hydrogen) atoms. The standard InChI is InChI=1S/C26H35N3O3/c1-28(26(31)22-16-21-10-3-5-11-23(21)27-25(22)30)17-19-8-7-14-29(18-19)15-13-20-9-4-6-12-24(20)32-2/h4,6,9,12,16,19H,3,5,7-8,10-11,13-15,17-18H2,1-2H3,(H,27,30). The maximum atomic E-state index is 13.1. The van der Waals surface area contributed by atoms with Crippen molar-refractivity contribution in [3.05, 3.63) is 63.1 Å². The van der Waals surface area contributed by atoms with Gasteiger partial charge in [-0.3, -0.25) is 9.59 Å². The van der Waals surface area contributed by atoms with E-state index in [1.54, 1.807) is 12.0 Å². The number of likely N-dealkylation sites (tertiary alicyclic amines) is 1. The molecular weight excluding hydrogens is 402 g/mol. The van der Waals surface area contributed by atoms with Crippen molar-refractivity contribution in [2.24, 2.45) is 5.92 Å². The Hall–Kier alpha value is -2.60. The van der Waals surface area contributed by atoms with Gasteiger partial charge in [0.2, 0.25) is 0 Å².